The van der Waals surface area contributed by atoms with Gasteiger partial charge >= 0.3 is 5.97 Å². The minimum Gasteiger partial charge on any atom is -0.476 e. The molecule has 0 fully saturated rings. The van der Waals surface area contributed by atoms with Crippen LogP contribution in [-0.4, -0.2) is 60.2 Å². The molecule has 2 amide bonds. The van der Waals surface area contributed by atoms with Gasteiger partial charge in [-0.3, -0.25) is 19.6 Å². The summed E-state index contributed by atoms with van der Waals surface area (Å²) in [5, 5.41) is 21.7. The lowest BCUT2D eigenvalue weighted by Crippen LogP contribution is -2.20. The molecule has 2 aromatic carbocycles. The second kappa shape index (κ2) is 18.2. The number of carbonyl (C=O) groups excluding carboxylic acids is 2. The van der Waals surface area contributed by atoms with Crippen molar-refractivity contribution in [3.63, 3.8) is 0 Å². The molecule has 0 atom stereocenters. The van der Waals surface area contributed by atoms with Crippen LogP contribution >= 0.6 is 0 Å². The van der Waals surface area contributed by atoms with Crippen LogP contribution in [0.4, 0.5) is 22.9 Å². The zero-order chi connectivity index (χ0) is 41.2. The van der Waals surface area contributed by atoms with Crippen LogP contribution in [-0.2, 0) is 5.41 Å². The molecule has 5 aromatic rings. The summed E-state index contributed by atoms with van der Waals surface area (Å²) < 4.78 is 5.34. The quantitative estimate of drug-likeness (QED) is 0.124. The number of allylic oxidation sites excluding steroid dienone is 1. The molecule has 0 spiro atoms. The Hall–Kier alpha value is -6.57. The fourth-order valence-electron chi connectivity index (χ4n) is 4.80. The van der Waals surface area contributed by atoms with Gasteiger partial charge in [0, 0.05) is 46.6 Å². The maximum atomic E-state index is 12.4. The van der Waals surface area contributed by atoms with E-state index in [0.29, 0.717) is 28.3 Å². The lowest BCUT2D eigenvalue weighted by atomic mass is 9.87. The van der Waals surface area contributed by atoms with Crippen LogP contribution in [0.1, 0.15) is 103 Å². The molecule has 56 heavy (non-hydrogen) atoms. The van der Waals surface area contributed by atoms with E-state index in [4.69, 9.17) is 4.52 Å². The van der Waals surface area contributed by atoms with E-state index in [2.05, 4.69) is 79.8 Å². The summed E-state index contributed by atoms with van der Waals surface area (Å²) in [7, 11) is 0. The molecular weight excluding hydrogens is 711 g/mol. The van der Waals surface area contributed by atoms with E-state index in [0.717, 1.165) is 34.9 Å². The molecule has 0 saturated heterocycles. The largest absolute Gasteiger partial charge is 0.476 e. The summed E-state index contributed by atoms with van der Waals surface area (Å²) in [6.07, 6.45) is 6.58. The number of aromatic carboxylic acids is 1. The number of aromatic nitrogens is 5. The molecule has 6 rings (SSSR count). The Balaban J connectivity index is 0.000000216. The molecule has 0 aliphatic carbocycles. The first-order valence-corrected chi connectivity index (χ1v) is 17.9. The Morgan fingerprint density at radius 1 is 0.696 bits per heavy atom. The van der Waals surface area contributed by atoms with Gasteiger partial charge in [0.25, 0.3) is 11.8 Å². The molecule has 0 radical (unpaired) electrons. The first-order valence-electron chi connectivity index (χ1n) is 17.9. The van der Waals surface area contributed by atoms with Gasteiger partial charge in [0.15, 0.2) is 17.2 Å². The van der Waals surface area contributed by atoms with Crippen LogP contribution in [0.15, 0.2) is 94.4 Å². The van der Waals surface area contributed by atoms with Gasteiger partial charge in [0.2, 0.25) is 0 Å². The van der Waals surface area contributed by atoms with Gasteiger partial charge in [-0.15, -0.1) is 0 Å². The Labute approximate surface area is 327 Å². The second-order valence-electron chi connectivity index (χ2n) is 15.2. The van der Waals surface area contributed by atoms with E-state index in [1.54, 1.807) is 37.4 Å². The molecule has 14 heteroatoms. The standard InChI is InChI=1S/C20H21N5O4.C13H13N3O.C9H15N/c1-11-10-21-16(17(22-11)19(27)28)18(26)24-13-7-5-12(6-8-13)23-15-9-14(29-25-15)20(2,3)4;1-9-3-5-11(6-4-9)16-13(17)12-8-14-10(2)7-15-12;1-7-5-8(6-10-7)9(2,3)4/h5-10H,1-4H3,(H,23,25)(H,24,26)(H,27,28);3-8H,1-2H3,(H,16,17);5H,6H2,1-4H3. The van der Waals surface area contributed by atoms with Gasteiger partial charge in [-0.2, -0.15) is 0 Å². The van der Waals surface area contributed by atoms with Gasteiger partial charge in [-0.1, -0.05) is 64.4 Å². The topological polar surface area (TPSA) is 197 Å². The maximum Gasteiger partial charge on any atom is 0.356 e. The third-order valence-corrected chi connectivity index (χ3v) is 8.14. The first-order chi connectivity index (χ1) is 26.3. The zero-order valence-electron chi connectivity index (χ0n) is 33.5. The number of carbonyl (C=O) groups is 3. The lowest BCUT2D eigenvalue weighted by Gasteiger charge is -2.18. The number of rotatable bonds is 7. The fraction of sp³-hybridized carbons (Fsp3) is 0.310. The highest BCUT2D eigenvalue weighted by atomic mass is 16.5. The Morgan fingerprint density at radius 2 is 1.29 bits per heavy atom. The highest BCUT2D eigenvalue weighted by Crippen LogP contribution is 2.28. The number of carboxylic acids is 1. The molecule has 1 aliphatic rings. The van der Waals surface area contributed by atoms with E-state index in [1.165, 1.54) is 23.7 Å². The molecule has 0 unspecified atom stereocenters. The molecule has 292 valence electrons. The zero-order valence-corrected chi connectivity index (χ0v) is 33.5. The van der Waals surface area contributed by atoms with Crippen LogP contribution in [0.2, 0.25) is 0 Å². The number of amides is 2. The van der Waals surface area contributed by atoms with Crippen molar-refractivity contribution in [3.05, 3.63) is 125 Å². The molecular formula is C42H49N9O5. The summed E-state index contributed by atoms with van der Waals surface area (Å²) in [5.74, 6) is -0.874. The number of aliphatic imine (C=N–C) groups is 1. The minimum atomic E-state index is -1.31. The number of carboxylic acid groups (broad SMARTS) is 1. The summed E-state index contributed by atoms with van der Waals surface area (Å²) >= 11 is 0. The Morgan fingerprint density at radius 3 is 1.79 bits per heavy atom. The van der Waals surface area contributed by atoms with Crippen molar-refractivity contribution in [2.45, 2.75) is 74.7 Å². The molecule has 0 saturated carbocycles. The van der Waals surface area contributed by atoms with Gasteiger partial charge in [0.05, 0.1) is 24.1 Å². The SMILES string of the molecule is CC1=NCC(C(C)(C)C)=C1.Cc1ccc(NC(=O)c2cnc(C)cn2)cc1.Cc1cnc(C(=O)Nc2ccc(Nc3cc(C(C)(C)C)on3)cc2)c(C(=O)O)n1. The van der Waals surface area contributed by atoms with E-state index in [1.807, 2.05) is 65.0 Å². The number of hydrogen-bond donors (Lipinski definition) is 4. The monoisotopic (exact) mass is 759 g/mol. The predicted octanol–water partition coefficient (Wildman–Crippen LogP) is 8.54. The van der Waals surface area contributed by atoms with E-state index in [-0.39, 0.29) is 22.7 Å². The van der Waals surface area contributed by atoms with Gasteiger partial charge < -0.3 is 25.6 Å². The smallest absolute Gasteiger partial charge is 0.356 e. The van der Waals surface area contributed by atoms with E-state index < -0.39 is 11.9 Å². The van der Waals surface area contributed by atoms with Crippen molar-refractivity contribution >= 4 is 46.4 Å². The van der Waals surface area contributed by atoms with Crippen LogP contribution in [0.5, 0.6) is 0 Å². The second-order valence-corrected chi connectivity index (χ2v) is 15.2. The van der Waals surface area contributed by atoms with Crippen molar-refractivity contribution in [2.75, 3.05) is 22.5 Å². The predicted molar refractivity (Wildman–Crippen MR) is 218 cm³/mol. The van der Waals surface area contributed by atoms with Crippen LogP contribution in [0.25, 0.3) is 0 Å². The molecule has 14 nitrogen and oxygen atoms in total. The number of hydrogen-bond acceptors (Lipinski definition) is 11. The van der Waals surface area contributed by atoms with Crippen molar-refractivity contribution in [2.24, 2.45) is 10.4 Å². The fourth-order valence-corrected chi connectivity index (χ4v) is 4.80. The average Bonchev–Trinajstić information content (AvgIpc) is 3.80. The highest BCUT2D eigenvalue weighted by Gasteiger charge is 2.22. The number of nitrogens with one attached hydrogen (secondary N) is 3. The summed E-state index contributed by atoms with van der Waals surface area (Å²) in [5.41, 5.74) is 6.80. The van der Waals surface area contributed by atoms with Gasteiger partial charge in [0.1, 0.15) is 11.5 Å². The summed E-state index contributed by atoms with van der Waals surface area (Å²) in [6, 6.07) is 16.3. The molecule has 4 N–H and O–H groups in total. The Bertz CT molecular complexity index is 2210. The summed E-state index contributed by atoms with van der Waals surface area (Å²) in [6.45, 7) is 21.2. The number of anilines is 4. The first kappa shape index (κ1) is 42.2. The molecule has 1 aliphatic heterocycles. The number of nitrogens with zero attached hydrogens (tertiary/aromatic N) is 6. The van der Waals surface area contributed by atoms with Crippen molar-refractivity contribution < 1.29 is 24.0 Å². The average molecular weight is 760 g/mol. The maximum absolute atomic E-state index is 12.4. The van der Waals surface area contributed by atoms with Crippen molar-refractivity contribution in [1.82, 2.24) is 25.1 Å². The van der Waals surface area contributed by atoms with Gasteiger partial charge in [-0.25, -0.2) is 19.7 Å². The Kier molecular flexibility index (Phi) is 13.7. The van der Waals surface area contributed by atoms with Crippen molar-refractivity contribution in [3.8, 4) is 0 Å². The van der Waals surface area contributed by atoms with Crippen LogP contribution in [0.3, 0.4) is 0 Å². The van der Waals surface area contributed by atoms with Gasteiger partial charge in [-0.05, 0) is 81.2 Å². The lowest BCUT2D eigenvalue weighted by molar-refractivity contribution is 0.0684. The molecule has 0 bridgehead atoms. The third-order valence-electron chi connectivity index (χ3n) is 8.14. The number of aryl methyl sites for hydroxylation is 3. The van der Waals surface area contributed by atoms with E-state index in [9.17, 15) is 19.5 Å². The van der Waals surface area contributed by atoms with E-state index >= 15 is 0 Å². The molecule has 4 heterocycles. The van der Waals surface area contributed by atoms with Crippen molar-refractivity contribution in [1.29, 1.82) is 0 Å². The third kappa shape index (κ3) is 12.5. The van der Waals surface area contributed by atoms with Crippen LogP contribution < -0.4 is 16.0 Å². The van der Waals surface area contributed by atoms with Crippen LogP contribution in [0, 0.1) is 26.2 Å². The number of benzene rings is 2. The molecule has 3 aromatic heterocycles. The minimum absolute atomic E-state index is 0.144. The summed E-state index contributed by atoms with van der Waals surface area (Å²) in [4.78, 5) is 55.6. The highest BCUT2D eigenvalue weighted by molar-refractivity contribution is 6.08. The normalized spacial score (nSPS) is 12.2.